The van der Waals surface area contributed by atoms with E-state index in [0.29, 0.717) is 10.7 Å². The van der Waals surface area contributed by atoms with Crippen LogP contribution < -0.4 is 5.32 Å². The van der Waals surface area contributed by atoms with E-state index in [2.05, 4.69) is 15.5 Å². The molecule has 2 atom stereocenters. The van der Waals surface area contributed by atoms with Gasteiger partial charge in [0.2, 0.25) is 11.8 Å². The smallest absolute Gasteiger partial charge is 0.346 e. The van der Waals surface area contributed by atoms with Gasteiger partial charge in [-0.3, -0.25) is 9.59 Å². The van der Waals surface area contributed by atoms with Crippen LogP contribution in [0.5, 0.6) is 0 Å². The molecule has 0 aliphatic carbocycles. The predicted octanol–water partition coefficient (Wildman–Crippen LogP) is 0.812. The Bertz CT molecular complexity index is 657. The Balaban J connectivity index is 1.60. The van der Waals surface area contributed by atoms with Crippen LogP contribution in [0.2, 0.25) is 0 Å². The minimum atomic E-state index is -4.46. The molecule has 10 heteroatoms. The quantitative estimate of drug-likeness (QED) is 0.876. The Morgan fingerprint density at radius 1 is 1.42 bits per heavy atom. The van der Waals surface area contributed by atoms with E-state index in [1.54, 1.807) is 6.92 Å². The minimum absolute atomic E-state index is 0.202. The molecule has 0 bridgehead atoms. The summed E-state index contributed by atoms with van der Waals surface area (Å²) in [4.78, 5) is 24.6. The van der Waals surface area contributed by atoms with Gasteiger partial charge in [0.1, 0.15) is 12.4 Å². The van der Waals surface area contributed by atoms with Crippen LogP contribution in [0.25, 0.3) is 0 Å². The topological polar surface area (TPSA) is 80.1 Å². The molecule has 2 aliphatic rings. The van der Waals surface area contributed by atoms with E-state index in [4.69, 9.17) is 0 Å². The maximum Gasteiger partial charge on any atom is 0.406 e. The highest BCUT2D eigenvalue weighted by Crippen LogP contribution is 2.25. The molecule has 1 saturated heterocycles. The number of nitrogens with one attached hydrogen (secondary N) is 1. The van der Waals surface area contributed by atoms with Gasteiger partial charge in [-0.25, -0.2) is 0 Å². The monoisotopic (exact) mass is 345 g/mol. The Hall–Kier alpha value is -2.13. The van der Waals surface area contributed by atoms with Gasteiger partial charge in [-0.1, -0.05) is 0 Å². The predicted molar refractivity (Wildman–Crippen MR) is 75.6 cm³/mol. The third-order valence-electron chi connectivity index (χ3n) is 4.34. The van der Waals surface area contributed by atoms with Crippen molar-refractivity contribution in [2.45, 2.75) is 44.9 Å². The number of halogens is 3. The summed E-state index contributed by atoms with van der Waals surface area (Å²) in [6.07, 6.45) is -2.85. The lowest BCUT2D eigenvalue weighted by molar-refractivity contribution is -0.157. The average molecular weight is 345 g/mol. The lowest BCUT2D eigenvalue weighted by Gasteiger charge is -2.19. The first-order valence-corrected chi connectivity index (χ1v) is 7.81. The maximum absolute atomic E-state index is 12.4. The molecule has 24 heavy (non-hydrogen) atoms. The number of nitrogens with zero attached hydrogens (tertiary/aromatic N) is 4. The lowest BCUT2D eigenvalue weighted by atomic mass is 10.1. The van der Waals surface area contributed by atoms with Crippen LogP contribution in [0.4, 0.5) is 13.2 Å². The van der Waals surface area contributed by atoms with Crippen molar-refractivity contribution in [1.82, 2.24) is 25.0 Å². The second kappa shape index (κ2) is 6.06. The summed E-state index contributed by atoms with van der Waals surface area (Å²) in [6.45, 7) is 1.01. The number of rotatable bonds is 4. The van der Waals surface area contributed by atoms with Gasteiger partial charge in [-0.05, 0) is 13.3 Å². The zero-order valence-electron chi connectivity index (χ0n) is 13.1. The van der Waals surface area contributed by atoms with Crippen LogP contribution >= 0.6 is 0 Å². The fourth-order valence-corrected chi connectivity index (χ4v) is 3.21. The molecule has 0 unspecified atom stereocenters. The van der Waals surface area contributed by atoms with Crippen molar-refractivity contribution in [2.24, 2.45) is 5.92 Å². The maximum atomic E-state index is 12.4. The van der Waals surface area contributed by atoms with Crippen LogP contribution in [0.3, 0.4) is 0 Å². The van der Waals surface area contributed by atoms with E-state index in [1.807, 2.05) is 4.57 Å². The van der Waals surface area contributed by atoms with Gasteiger partial charge in [0, 0.05) is 25.9 Å². The van der Waals surface area contributed by atoms with Gasteiger partial charge in [0.25, 0.3) is 0 Å². The Morgan fingerprint density at radius 2 is 2.17 bits per heavy atom. The molecule has 1 aromatic rings. The van der Waals surface area contributed by atoms with Gasteiger partial charge >= 0.3 is 6.18 Å². The van der Waals surface area contributed by atoms with E-state index in [9.17, 15) is 22.8 Å². The molecule has 1 N–H and O–H groups in total. The highest BCUT2D eigenvalue weighted by atomic mass is 19.4. The molecule has 2 amide bonds. The van der Waals surface area contributed by atoms with Crippen LogP contribution in [-0.4, -0.2) is 50.7 Å². The summed E-state index contributed by atoms with van der Waals surface area (Å²) in [7, 11) is 0. The standard InChI is InChI=1S/C14H18F3N5O2/c1-8(12-20-19-10-3-2-4-22(10)12)18-13(24)9-5-11(23)21(6-9)7-14(15,16)17/h8-9H,2-7H2,1H3,(H,18,24)/t8-,9-/m0/s1. The highest BCUT2D eigenvalue weighted by molar-refractivity contribution is 5.89. The number of carbonyl (C=O) groups is 2. The summed E-state index contributed by atoms with van der Waals surface area (Å²) in [5.74, 6) is -0.353. The van der Waals surface area contributed by atoms with E-state index < -0.39 is 36.5 Å². The molecule has 3 heterocycles. The van der Waals surface area contributed by atoms with E-state index >= 15 is 0 Å². The highest BCUT2D eigenvalue weighted by Gasteiger charge is 2.41. The Morgan fingerprint density at radius 3 is 2.88 bits per heavy atom. The normalized spacial score (nSPS) is 21.9. The molecule has 7 nitrogen and oxygen atoms in total. The summed E-state index contributed by atoms with van der Waals surface area (Å²) in [5.41, 5.74) is 0. The van der Waals surface area contributed by atoms with Crippen molar-refractivity contribution in [3.63, 3.8) is 0 Å². The third-order valence-corrected chi connectivity index (χ3v) is 4.34. The zero-order chi connectivity index (χ0) is 17.5. The molecule has 3 rings (SSSR count). The number of hydrogen-bond donors (Lipinski definition) is 1. The third kappa shape index (κ3) is 3.36. The van der Waals surface area contributed by atoms with Crippen molar-refractivity contribution in [2.75, 3.05) is 13.1 Å². The second-order valence-corrected chi connectivity index (χ2v) is 6.25. The van der Waals surface area contributed by atoms with Crippen LogP contribution in [0.15, 0.2) is 0 Å². The number of hydrogen-bond acceptors (Lipinski definition) is 4. The van der Waals surface area contributed by atoms with E-state index in [0.717, 1.165) is 25.2 Å². The molecule has 2 aliphatic heterocycles. The summed E-state index contributed by atoms with van der Waals surface area (Å²) < 4.78 is 39.2. The van der Waals surface area contributed by atoms with Crippen molar-refractivity contribution >= 4 is 11.8 Å². The van der Waals surface area contributed by atoms with Crippen LogP contribution in [-0.2, 0) is 22.6 Å². The van der Waals surface area contributed by atoms with Crippen LogP contribution in [0, 0.1) is 5.92 Å². The molecule has 0 aromatic carbocycles. The van der Waals surface area contributed by atoms with Crippen LogP contribution in [0.1, 0.15) is 37.5 Å². The lowest BCUT2D eigenvalue weighted by Crippen LogP contribution is -2.38. The zero-order valence-corrected chi connectivity index (χ0v) is 13.1. The van der Waals surface area contributed by atoms with Crippen molar-refractivity contribution in [3.05, 3.63) is 11.6 Å². The van der Waals surface area contributed by atoms with Crippen molar-refractivity contribution in [3.8, 4) is 0 Å². The Kier molecular flexibility index (Phi) is 4.22. The first kappa shape index (κ1) is 16.7. The Labute approximate surface area is 136 Å². The molecule has 1 aromatic heterocycles. The second-order valence-electron chi connectivity index (χ2n) is 6.25. The SMILES string of the molecule is C[C@H](NC(=O)[C@H]1CC(=O)N(CC(F)(F)F)C1)c1nnc2n1CCC2. The van der Waals surface area contributed by atoms with Crippen molar-refractivity contribution in [1.29, 1.82) is 0 Å². The minimum Gasteiger partial charge on any atom is -0.346 e. The van der Waals surface area contributed by atoms with Gasteiger partial charge in [-0.2, -0.15) is 13.2 Å². The summed E-state index contributed by atoms with van der Waals surface area (Å²) in [6, 6.07) is -0.413. The molecule has 0 spiro atoms. The molecule has 132 valence electrons. The summed E-state index contributed by atoms with van der Waals surface area (Å²) >= 11 is 0. The van der Waals surface area contributed by atoms with E-state index in [-0.39, 0.29) is 13.0 Å². The number of aryl methyl sites for hydroxylation is 1. The number of fused-ring (bicyclic) bond motifs is 1. The molecule has 1 fully saturated rings. The number of amides is 2. The number of carbonyl (C=O) groups excluding carboxylic acids is 2. The fraction of sp³-hybridized carbons (Fsp3) is 0.714. The number of alkyl halides is 3. The molecular weight excluding hydrogens is 327 g/mol. The van der Waals surface area contributed by atoms with Gasteiger partial charge in [0.05, 0.1) is 12.0 Å². The first-order valence-electron chi connectivity index (χ1n) is 7.81. The van der Waals surface area contributed by atoms with Gasteiger partial charge < -0.3 is 14.8 Å². The molecular formula is C14H18F3N5O2. The van der Waals surface area contributed by atoms with E-state index in [1.165, 1.54) is 0 Å². The number of likely N-dealkylation sites (tertiary alicyclic amines) is 1. The fourth-order valence-electron chi connectivity index (χ4n) is 3.21. The largest absolute Gasteiger partial charge is 0.406 e. The summed E-state index contributed by atoms with van der Waals surface area (Å²) in [5, 5.41) is 10.9. The van der Waals surface area contributed by atoms with Gasteiger partial charge in [-0.15, -0.1) is 10.2 Å². The molecule has 0 radical (unpaired) electrons. The molecule has 0 saturated carbocycles. The first-order chi connectivity index (χ1) is 11.2. The van der Waals surface area contributed by atoms with Gasteiger partial charge in [0.15, 0.2) is 5.82 Å². The number of aromatic nitrogens is 3. The average Bonchev–Trinajstić information content (AvgIpc) is 3.13. The van der Waals surface area contributed by atoms with Crippen molar-refractivity contribution < 1.29 is 22.8 Å².